The fourth-order valence-corrected chi connectivity index (χ4v) is 2.46. The maximum atomic E-state index is 11.2. The van der Waals surface area contributed by atoms with Gasteiger partial charge in [0.1, 0.15) is 5.25 Å². The molecule has 0 N–H and O–H groups in total. The molecule has 0 bridgehead atoms. The number of methoxy groups -OCH3 is 1. The van der Waals surface area contributed by atoms with Gasteiger partial charge in [-0.1, -0.05) is 30.3 Å². The summed E-state index contributed by atoms with van der Waals surface area (Å²) in [5.74, 6) is -0.164. The molecule has 1 aromatic carbocycles. The molecule has 0 aliphatic heterocycles. The largest absolute Gasteiger partial charge is 0.468 e. The van der Waals surface area contributed by atoms with Crippen LogP contribution in [0.15, 0.2) is 30.3 Å². The molecule has 0 fully saturated rings. The zero-order valence-corrected chi connectivity index (χ0v) is 10.1. The minimum atomic E-state index is -0.164. The van der Waals surface area contributed by atoms with Crippen molar-refractivity contribution in [3.05, 3.63) is 35.9 Å². The molecule has 2 atom stereocenters. The van der Waals surface area contributed by atoms with E-state index >= 15 is 0 Å². The van der Waals surface area contributed by atoms with Gasteiger partial charge in [-0.15, -0.1) is 11.8 Å². The van der Waals surface area contributed by atoms with E-state index in [1.807, 2.05) is 25.1 Å². The van der Waals surface area contributed by atoms with Crippen LogP contribution in [0.4, 0.5) is 0 Å². The Morgan fingerprint density at radius 2 is 1.87 bits per heavy atom. The predicted molar refractivity (Wildman–Crippen MR) is 63.9 cm³/mol. The number of rotatable bonds is 4. The second kappa shape index (κ2) is 5.81. The summed E-state index contributed by atoms with van der Waals surface area (Å²) in [5.41, 5.74) is 1.23. The molecular formula is C12H16O2S. The topological polar surface area (TPSA) is 26.3 Å². The molecule has 1 aromatic rings. The lowest BCUT2D eigenvalue weighted by molar-refractivity contribution is -0.139. The molecule has 0 aliphatic rings. The van der Waals surface area contributed by atoms with Crippen LogP contribution in [0.3, 0.4) is 0 Å². The predicted octanol–water partition coefficient (Wildman–Crippen LogP) is 3.04. The minimum Gasteiger partial charge on any atom is -0.468 e. The molecule has 0 aromatic heterocycles. The van der Waals surface area contributed by atoms with Crippen molar-refractivity contribution in [2.45, 2.75) is 24.3 Å². The van der Waals surface area contributed by atoms with Crippen molar-refractivity contribution in [2.24, 2.45) is 0 Å². The molecule has 2 unspecified atom stereocenters. The smallest absolute Gasteiger partial charge is 0.318 e. The average molecular weight is 224 g/mol. The van der Waals surface area contributed by atoms with E-state index < -0.39 is 0 Å². The first-order valence-electron chi connectivity index (χ1n) is 4.93. The van der Waals surface area contributed by atoms with Crippen LogP contribution in [0.2, 0.25) is 0 Å². The highest BCUT2D eigenvalue weighted by atomic mass is 32.2. The van der Waals surface area contributed by atoms with Crippen LogP contribution in [-0.2, 0) is 9.53 Å². The van der Waals surface area contributed by atoms with E-state index in [9.17, 15) is 4.79 Å². The molecule has 0 aliphatic carbocycles. The summed E-state index contributed by atoms with van der Waals surface area (Å²) in [7, 11) is 1.42. The van der Waals surface area contributed by atoms with Crippen LogP contribution >= 0.6 is 11.8 Å². The summed E-state index contributed by atoms with van der Waals surface area (Å²) >= 11 is 1.61. The molecule has 0 spiro atoms. The molecule has 0 heterocycles. The van der Waals surface area contributed by atoms with E-state index in [1.54, 1.807) is 11.8 Å². The summed E-state index contributed by atoms with van der Waals surface area (Å²) in [6, 6.07) is 10.2. The number of ether oxygens (including phenoxy) is 1. The second-order valence-electron chi connectivity index (χ2n) is 3.35. The summed E-state index contributed by atoms with van der Waals surface area (Å²) in [6.45, 7) is 3.97. The summed E-state index contributed by atoms with van der Waals surface area (Å²) in [6.07, 6.45) is 0. The van der Waals surface area contributed by atoms with Crippen molar-refractivity contribution < 1.29 is 9.53 Å². The average Bonchev–Trinajstić information content (AvgIpc) is 2.29. The highest BCUT2D eigenvalue weighted by Gasteiger charge is 2.17. The Hall–Kier alpha value is -0.960. The number of hydrogen-bond acceptors (Lipinski definition) is 3. The van der Waals surface area contributed by atoms with Crippen molar-refractivity contribution in [3.8, 4) is 0 Å². The molecule has 0 amide bonds. The van der Waals surface area contributed by atoms with E-state index in [0.717, 1.165) is 0 Å². The fourth-order valence-electron chi connectivity index (χ4n) is 1.33. The van der Waals surface area contributed by atoms with Crippen LogP contribution < -0.4 is 0 Å². The van der Waals surface area contributed by atoms with Gasteiger partial charge in [0.15, 0.2) is 0 Å². The van der Waals surface area contributed by atoms with E-state index in [1.165, 1.54) is 12.7 Å². The SMILES string of the molecule is COC(=O)C(C)SC(C)c1ccccc1. The molecule has 82 valence electrons. The van der Waals surface area contributed by atoms with E-state index in [-0.39, 0.29) is 11.2 Å². The summed E-state index contributed by atoms with van der Waals surface area (Å²) < 4.78 is 4.69. The first kappa shape index (κ1) is 12.1. The van der Waals surface area contributed by atoms with E-state index in [0.29, 0.717) is 5.25 Å². The lowest BCUT2D eigenvalue weighted by Gasteiger charge is -2.15. The summed E-state index contributed by atoms with van der Waals surface area (Å²) in [4.78, 5) is 11.2. The minimum absolute atomic E-state index is 0.120. The van der Waals surface area contributed by atoms with Gasteiger partial charge in [0, 0.05) is 5.25 Å². The van der Waals surface area contributed by atoms with Gasteiger partial charge in [-0.25, -0.2) is 0 Å². The number of carbonyl (C=O) groups excluding carboxylic acids is 1. The number of carbonyl (C=O) groups is 1. The molecular weight excluding hydrogens is 208 g/mol. The molecule has 0 saturated heterocycles. The molecule has 2 nitrogen and oxygen atoms in total. The third kappa shape index (κ3) is 3.59. The third-order valence-electron chi connectivity index (χ3n) is 2.21. The third-order valence-corrected chi connectivity index (χ3v) is 3.49. The normalized spacial score (nSPS) is 14.3. The Bertz CT molecular complexity index is 311. The van der Waals surface area contributed by atoms with Crippen molar-refractivity contribution >= 4 is 17.7 Å². The van der Waals surface area contributed by atoms with E-state index in [4.69, 9.17) is 0 Å². The van der Waals surface area contributed by atoms with Crippen molar-refractivity contribution in [1.82, 2.24) is 0 Å². The van der Waals surface area contributed by atoms with Crippen LogP contribution in [0, 0.1) is 0 Å². The van der Waals surface area contributed by atoms with Crippen LogP contribution in [0.1, 0.15) is 24.7 Å². The highest BCUT2D eigenvalue weighted by molar-refractivity contribution is 8.00. The number of benzene rings is 1. The van der Waals surface area contributed by atoms with Gasteiger partial charge in [-0.3, -0.25) is 4.79 Å². The van der Waals surface area contributed by atoms with Crippen molar-refractivity contribution in [2.75, 3.05) is 7.11 Å². The number of thioether (sulfide) groups is 1. The molecule has 1 rings (SSSR count). The van der Waals surface area contributed by atoms with Gasteiger partial charge in [-0.05, 0) is 19.4 Å². The van der Waals surface area contributed by atoms with Crippen molar-refractivity contribution in [1.29, 1.82) is 0 Å². The lowest BCUT2D eigenvalue weighted by atomic mass is 10.2. The fraction of sp³-hybridized carbons (Fsp3) is 0.417. The molecule has 15 heavy (non-hydrogen) atoms. The molecule has 0 radical (unpaired) electrons. The lowest BCUT2D eigenvalue weighted by Crippen LogP contribution is -2.15. The zero-order chi connectivity index (χ0) is 11.3. The Morgan fingerprint density at radius 1 is 1.27 bits per heavy atom. The van der Waals surface area contributed by atoms with Crippen LogP contribution in [-0.4, -0.2) is 18.3 Å². The van der Waals surface area contributed by atoms with Gasteiger partial charge in [0.05, 0.1) is 7.11 Å². The highest BCUT2D eigenvalue weighted by Crippen LogP contribution is 2.31. The standard InChI is InChI=1S/C12H16O2S/c1-9(11-7-5-4-6-8-11)15-10(2)12(13)14-3/h4-10H,1-3H3. The Balaban J connectivity index is 2.56. The number of hydrogen-bond donors (Lipinski definition) is 0. The van der Waals surface area contributed by atoms with Crippen molar-refractivity contribution in [3.63, 3.8) is 0 Å². The quantitative estimate of drug-likeness (QED) is 0.735. The van der Waals surface area contributed by atoms with Crippen LogP contribution in [0.25, 0.3) is 0 Å². The molecule has 0 saturated carbocycles. The zero-order valence-electron chi connectivity index (χ0n) is 9.27. The first-order chi connectivity index (χ1) is 7.15. The van der Waals surface area contributed by atoms with E-state index in [2.05, 4.69) is 23.8 Å². The Labute approximate surface area is 95.0 Å². The Morgan fingerprint density at radius 3 is 2.40 bits per heavy atom. The van der Waals surface area contributed by atoms with Gasteiger partial charge < -0.3 is 4.74 Å². The molecule has 3 heteroatoms. The monoisotopic (exact) mass is 224 g/mol. The maximum Gasteiger partial charge on any atom is 0.318 e. The second-order valence-corrected chi connectivity index (χ2v) is 5.04. The van der Waals surface area contributed by atoms with Gasteiger partial charge >= 0.3 is 5.97 Å². The Kier molecular flexibility index (Phi) is 4.69. The maximum absolute atomic E-state index is 11.2. The van der Waals surface area contributed by atoms with Gasteiger partial charge in [-0.2, -0.15) is 0 Å². The summed E-state index contributed by atoms with van der Waals surface area (Å²) in [5, 5.41) is 0.186. The number of esters is 1. The van der Waals surface area contributed by atoms with Gasteiger partial charge in [0.2, 0.25) is 0 Å². The first-order valence-corrected chi connectivity index (χ1v) is 5.87. The van der Waals surface area contributed by atoms with Crippen LogP contribution in [0.5, 0.6) is 0 Å². The van der Waals surface area contributed by atoms with Gasteiger partial charge in [0.25, 0.3) is 0 Å².